The Bertz CT molecular complexity index is 529. The highest BCUT2D eigenvalue weighted by Gasteiger charge is 2.57. The molecule has 5 heteroatoms. The fourth-order valence-corrected chi connectivity index (χ4v) is 3.50. The van der Waals surface area contributed by atoms with Crippen molar-refractivity contribution < 1.29 is 9.53 Å². The summed E-state index contributed by atoms with van der Waals surface area (Å²) in [6, 6.07) is 7.91. The number of rotatable bonds is 4. The smallest absolute Gasteiger partial charge is 0.224 e. The average Bonchev–Trinajstić information content (AvgIpc) is 3.21. The van der Waals surface area contributed by atoms with E-state index in [2.05, 4.69) is 10.6 Å². The van der Waals surface area contributed by atoms with Crippen molar-refractivity contribution in [3.8, 4) is 5.75 Å². The Morgan fingerprint density at radius 3 is 2.82 bits per heavy atom. The van der Waals surface area contributed by atoms with Crippen molar-refractivity contribution in [2.75, 3.05) is 20.2 Å². The molecule has 122 valence electrons. The van der Waals surface area contributed by atoms with Crippen LogP contribution in [0.15, 0.2) is 24.3 Å². The molecule has 2 aliphatic rings. The van der Waals surface area contributed by atoms with Gasteiger partial charge < -0.3 is 15.4 Å². The molecule has 1 aromatic rings. The van der Waals surface area contributed by atoms with Crippen molar-refractivity contribution >= 4 is 18.3 Å². The normalized spacial score (nSPS) is 23.3. The van der Waals surface area contributed by atoms with Crippen LogP contribution in [0.3, 0.4) is 0 Å². The molecular formula is C17H25ClN2O2. The predicted octanol–water partition coefficient (Wildman–Crippen LogP) is 2.68. The third kappa shape index (κ3) is 3.39. The second-order valence-corrected chi connectivity index (χ2v) is 6.38. The minimum atomic E-state index is 0. The number of halogens is 1. The zero-order valence-electron chi connectivity index (χ0n) is 13.2. The van der Waals surface area contributed by atoms with Crippen molar-refractivity contribution in [2.45, 2.75) is 32.2 Å². The monoisotopic (exact) mass is 324 g/mol. The Hall–Kier alpha value is -1.26. The van der Waals surface area contributed by atoms with Gasteiger partial charge in [-0.2, -0.15) is 0 Å². The lowest BCUT2D eigenvalue weighted by Gasteiger charge is -2.24. The Kier molecular flexibility index (Phi) is 5.35. The Balaban J connectivity index is 0.00000176. The van der Waals surface area contributed by atoms with Gasteiger partial charge in [-0.05, 0) is 62.4 Å². The molecule has 2 fully saturated rings. The fraction of sp³-hybridized carbons (Fsp3) is 0.588. The van der Waals surface area contributed by atoms with E-state index in [9.17, 15) is 4.79 Å². The van der Waals surface area contributed by atoms with E-state index in [0.29, 0.717) is 5.41 Å². The maximum atomic E-state index is 12.5. The highest BCUT2D eigenvalue weighted by atomic mass is 35.5. The van der Waals surface area contributed by atoms with Crippen LogP contribution in [0.4, 0.5) is 0 Å². The standard InChI is InChI=1S/C17H24N2O2.ClH/c1-12(13-4-3-5-14(10-13)21-2)19-16(20)15-11-17(15)6-8-18-9-7-17;/h3-5,10,12,15,18H,6-9,11H2,1-2H3,(H,19,20);1H. The van der Waals surface area contributed by atoms with Gasteiger partial charge in [-0.3, -0.25) is 4.79 Å². The van der Waals surface area contributed by atoms with Gasteiger partial charge >= 0.3 is 0 Å². The molecule has 1 aliphatic heterocycles. The summed E-state index contributed by atoms with van der Waals surface area (Å²) in [7, 11) is 1.66. The molecule has 2 atom stereocenters. The largest absolute Gasteiger partial charge is 0.497 e. The number of methoxy groups -OCH3 is 1. The lowest BCUT2D eigenvalue weighted by atomic mass is 9.91. The predicted molar refractivity (Wildman–Crippen MR) is 89.4 cm³/mol. The van der Waals surface area contributed by atoms with Gasteiger partial charge in [-0.15, -0.1) is 12.4 Å². The van der Waals surface area contributed by atoms with E-state index in [1.807, 2.05) is 31.2 Å². The lowest BCUT2D eigenvalue weighted by Crippen LogP contribution is -2.34. The molecule has 3 rings (SSSR count). The number of nitrogens with one attached hydrogen (secondary N) is 2. The van der Waals surface area contributed by atoms with Crippen LogP contribution in [0.5, 0.6) is 5.75 Å². The Morgan fingerprint density at radius 1 is 1.41 bits per heavy atom. The van der Waals surface area contributed by atoms with Gasteiger partial charge in [0.15, 0.2) is 0 Å². The van der Waals surface area contributed by atoms with E-state index in [1.165, 1.54) is 0 Å². The Morgan fingerprint density at radius 2 is 2.14 bits per heavy atom. The number of carbonyl (C=O) groups excluding carboxylic acids is 1. The molecular weight excluding hydrogens is 300 g/mol. The first-order valence-electron chi connectivity index (χ1n) is 7.80. The van der Waals surface area contributed by atoms with Gasteiger partial charge in [0.2, 0.25) is 5.91 Å². The molecule has 4 nitrogen and oxygen atoms in total. The molecule has 1 saturated heterocycles. The van der Waals surface area contributed by atoms with Crippen LogP contribution in [0.2, 0.25) is 0 Å². The van der Waals surface area contributed by atoms with Gasteiger partial charge in [0, 0.05) is 5.92 Å². The summed E-state index contributed by atoms with van der Waals surface area (Å²) in [5.41, 5.74) is 1.38. The molecule has 1 spiro atoms. The van der Waals surface area contributed by atoms with Crippen LogP contribution in [-0.2, 0) is 4.79 Å². The number of hydrogen-bond donors (Lipinski definition) is 2. The number of ether oxygens (including phenoxy) is 1. The topological polar surface area (TPSA) is 50.4 Å². The van der Waals surface area contributed by atoms with E-state index >= 15 is 0 Å². The summed E-state index contributed by atoms with van der Waals surface area (Å²) in [6.07, 6.45) is 3.34. The lowest BCUT2D eigenvalue weighted by molar-refractivity contribution is -0.123. The van der Waals surface area contributed by atoms with Crippen molar-refractivity contribution in [1.82, 2.24) is 10.6 Å². The van der Waals surface area contributed by atoms with Crippen molar-refractivity contribution in [3.63, 3.8) is 0 Å². The third-order valence-electron chi connectivity index (χ3n) is 5.06. The second kappa shape index (κ2) is 6.88. The second-order valence-electron chi connectivity index (χ2n) is 6.38. The van der Waals surface area contributed by atoms with Gasteiger partial charge in [0.1, 0.15) is 5.75 Å². The van der Waals surface area contributed by atoms with E-state index in [0.717, 1.165) is 43.7 Å². The summed E-state index contributed by atoms with van der Waals surface area (Å²) >= 11 is 0. The highest BCUT2D eigenvalue weighted by molar-refractivity contribution is 5.85. The summed E-state index contributed by atoms with van der Waals surface area (Å²) in [5, 5.41) is 6.54. The van der Waals surface area contributed by atoms with Crippen LogP contribution < -0.4 is 15.4 Å². The number of benzene rings is 1. The molecule has 22 heavy (non-hydrogen) atoms. The molecule has 0 aromatic heterocycles. The molecule has 1 aromatic carbocycles. The van der Waals surface area contributed by atoms with Crippen LogP contribution in [-0.4, -0.2) is 26.1 Å². The van der Waals surface area contributed by atoms with Crippen molar-refractivity contribution in [1.29, 1.82) is 0 Å². The molecule has 2 N–H and O–H groups in total. The van der Waals surface area contributed by atoms with Crippen LogP contribution in [0.25, 0.3) is 0 Å². The summed E-state index contributed by atoms with van der Waals surface area (Å²) in [5.74, 6) is 1.26. The molecule has 2 unspecified atom stereocenters. The SMILES string of the molecule is COc1cccc(C(C)NC(=O)C2CC23CCNCC3)c1.Cl. The van der Waals surface area contributed by atoms with E-state index in [-0.39, 0.29) is 30.3 Å². The number of carbonyl (C=O) groups is 1. The maximum Gasteiger partial charge on any atom is 0.224 e. The third-order valence-corrected chi connectivity index (χ3v) is 5.06. The Labute approximate surface area is 138 Å². The molecule has 0 bridgehead atoms. The maximum absolute atomic E-state index is 12.5. The number of amides is 1. The van der Waals surface area contributed by atoms with Gasteiger partial charge in [0.25, 0.3) is 0 Å². The van der Waals surface area contributed by atoms with Gasteiger partial charge in [0.05, 0.1) is 13.2 Å². The summed E-state index contributed by atoms with van der Waals surface area (Å²) in [4.78, 5) is 12.5. The van der Waals surface area contributed by atoms with Crippen LogP contribution in [0, 0.1) is 11.3 Å². The van der Waals surface area contributed by atoms with E-state index < -0.39 is 0 Å². The number of hydrogen-bond acceptors (Lipinski definition) is 3. The van der Waals surface area contributed by atoms with Crippen molar-refractivity contribution in [2.24, 2.45) is 11.3 Å². The molecule has 1 aliphatic carbocycles. The molecule has 0 radical (unpaired) electrons. The van der Waals surface area contributed by atoms with Crippen molar-refractivity contribution in [3.05, 3.63) is 29.8 Å². The minimum Gasteiger partial charge on any atom is -0.497 e. The fourth-order valence-electron chi connectivity index (χ4n) is 3.50. The highest BCUT2D eigenvalue weighted by Crippen LogP contribution is 2.58. The van der Waals surface area contributed by atoms with Gasteiger partial charge in [-0.1, -0.05) is 12.1 Å². The number of piperidine rings is 1. The zero-order chi connectivity index (χ0) is 14.9. The molecule has 1 saturated carbocycles. The van der Waals surface area contributed by atoms with E-state index in [1.54, 1.807) is 7.11 Å². The van der Waals surface area contributed by atoms with E-state index in [4.69, 9.17) is 4.74 Å². The first-order valence-corrected chi connectivity index (χ1v) is 7.80. The first-order chi connectivity index (χ1) is 10.1. The van der Waals surface area contributed by atoms with Crippen LogP contribution >= 0.6 is 12.4 Å². The minimum absolute atomic E-state index is 0. The average molecular weight is 325 g/mol. The summed E-state index contributed by atoms with van der Waals surface area (Å²) < 4.78 is 5.24. The van der Waals surface area contributed by atoms with Crippen LogP contribution in [0.1, 0.15) is 37.8 Å². The van der Waals surface area contributed by atoms with Gasteiger partial charge in [-0.25, -0.2) is 0 Å². The molecule has 1 amide bonds. The summed E-state index contributed by atoms with van der Waals surface area (Å²) in [6.45, 7) is 4.13. The molecule has 1 heterocycles. The zero-order valence-corrected chi connectivity index (χ0v) is 14.0. The first kappa shape index (κ1) is 17.1. The quantitative estimate of drug-likeness (QED) is 0.895.